The lowest BCUT2D eigenvalue weighted by Crippen LogP contribution is -2.40. The Morgan fingerprint density at radius 2 is 1.97 bits per heavy atom. The van der Waals surface area contributed by atoms with Gasteiger partial charge in [0, 0.05) is 25.0 Å². The molecule has 0 fully saturated rings. The van der Waals surface area contributed by atoms with Crippen molar-refractivity contribution in [2.24, 2.45) is 5.41 Å². The zero-order chi connectivity index (χ0) is 20.9. The van der Waals surface area contributed by atoms with Crippen molar-refractivity contribution >= 4 is 11.7 Å². The number of nitriles is 1. The number of ether oxygens (including phenoxy) is 1. The lowest BCUT2D eigenvalue weighted by Gasteiger charge is -2.27. The van der Waals surface area contributed by atoms with Crippen LogP contribution in [0.25, 0.3) is 0 Å². The number of carbonyl (C=O) groups excluding carboxylic acids is 1. The van der Waals surface area contributed by atoms with Crippen molar-refractivity contribution in [3.05, 3.63) is 72.2 Å². The van der Waals surface area contributed by atoms with E-state index in [2.05, 4.69) is 42.7 Å². The SMILES string of the molecule is CC(C)(C)C1=CCN(C(=O)NNc2ccc(Oc3ccnc(C#N)c3)cc2)C=C1. The molecule has 1 aromatic heterocycles. The molecule has 29 heavy (non-hydrogen) atoms. The molecule has 7 heteroatoms. The summed E-state index contributed by atoms with van der Waals surface area (Å²) in [5.74, 6) is 1.14. The summed E-state index contributed by atoms with van der Waals surface area (Å²) < 4.78 is 5.70. The minimum absolute atomic E-state index is 0.0631. The molecule has 2 aromatic rings. The summed E-state index contributed by atoms with van der Waals surface area (Å²) in [6, 6.07) is 12.1. The van der Waals surface area contributed by atoms with Crippen LogP contribution >= 0.6 is 0 Å². The predicted molar refractivity (Wildman–Crippen MR) is 111 cm³/mol. The Morgan fingerprint density at radius 1 is 1.21 bits per heavy atom. The monoisotopic (exact) mass is 389 g/mol. The smallest absolute Gasteiger partial charge is 0.340 e. The van der Waals surface area contributed by atoms with Crippen LogP contribution < -0.4 is 15.6 Å². The van der Waals surface area contributed by atoms with Gasteiger partial charge >= 0.3 is 6.03 Å². The van der Waals surface area contributed by atoms with Crippen molar-refractivity contribution in [1.82, 2.24) is 15.3 Å². The second kappa shape index (κ2) is 8.48. The van der Waals surface area contributed by atoms with Crippen LogP contribution in [-0.2, 0) is 0 Å². The summed E-state index contributed by atoms with van der Waals surface area (Å²) in [6.07, 6.45) is 7.33. The Kier molecular flexibility index (Phi) is 5.84. The minimum atomic E-state index is -0.244. The maximum Gasteiger partial charge on any atom is 0.340 e. The van der Waals surface area contributed by atoms with Crippen LogP contribution in [0.15, 0.2) is 66.5 Å². The number of hydrazine groups is 1. The van der Waals surface area contributed by atoms with Gasteiger partial charge in [0.25, 0.3) is 0 Å². The first-order valence-corrected chi connectivity index (χ1v) is 9.21. The molecular formula is C22H23N5O2. The maximum absolute atomic E-state index is 12.3. The molecule has 1 aliphatic heterocycles. The standard InChI is InChI=1S/C22H23N5O2/c1-22(2,3)16-9-12-27(13-10-16)21(28)26-25-17-4-6-19(7-5-17)29-20-8-11-24-18(14-20)15-23/h4-12,14,25H,13H2,1-3H3,(H,26,28). The third kappa shape index (κ3) is 5.36. The maximum atomic E-state index is 12.3. The van der Waals surface area contributed by atoms with Crippen molar-refractivity contribution in [2.75, 3.05) is 12.0 Å². The Hall–Kier alpha value is -3.79. The van der Waals surface area contributed by atoms with Gasteiger partial charge in [0.15, 0.2) is 0 Å². The lowest BCUT2D eigenvalue weighted by atomic mass is 9.85. The van der Waals surface area contributed by atoms with Crippen molar-refractivity contribution < 1.29 is 9.53 Å². The first kappa shape index (κ1) is 20.0. The molecule has 0 aliphatic carbocycles. The summed E-state index contributed by atoms with van der Waals surface area (Å²) in [7, 11) is 0. The van der Waals surface area contributed by atoms with E-state index in [1.807, 2.05) is 12.1 Å². The number of amides is 2. The quantitative estimate of drug-likeness (QED) is 0.747. The number of pyridine rings is 1. The fourth-order valence-corrected chi connectivity index (χ4v) is 2.68. The number of nitrogens with one attached hydrogen (secondary N) is 2. The summed E-state index contributed by atoms with van der Waals surface area (Å²) in [4.78, 5) is 17.8. The molecule has 0 radical (unpaired) electrons. The lowest BCUT2D eigenvalue weighted by molar-refractivity contribution is 0.220. The molecule has 0 unspecified atom stereocenters. The predicted octanol–water partition coefficient (Wildman–Crippen LogP) is 4.58. The molecule has 2 N–H and O–H groups in total. The van der Waals surface area contributed by atoms with E-state index >= 15 is 0 Å². The van der Waals surface area contributed by atoms with Gasteiger partial charge < -0.3 is 4.74 Å². The van der Waals surface area contributed by atoms with Crippen LogP contribution in [0.4, 0.5) is 10.5 Å². The summed E-state index contributed by atoms with van der Waals surface area (Å²) >= 11 is 0. The van der Waals surface area contributed by atoms with Crippen molar-refractivity contribution in [1.29, 1.82) is 5.26 Å². The molecule has 3 rings (SSSR count). The first-order valence-electron chi connectivity index (χ1n) is 9.21. The molecule has 1 aromatic carbocycles. The van der Waals surface area contributed by atoms with Crippen molar-refractivity contribution in [3.8, 4) is 17.6 Å². The number of anilines is 1. The number of carbonyl (C=O) groups is 1. The number of urea groups is 1. The number of nitrogens with zero attached hydrogens (tertiary/aromatic N) is 3. The minimum Gasteiger partial charge on any atom is -0.457 e. The van der Waals surface area contributed by atoms with Crippen LogP contribution in [0.1, 0.15) is 26.5 Å². The Labute approximate surface area is 170 Å². The number of allylic oxidation sites excluding steroid dienone is 2. The first-order chi connectivity index (χ1) is 13.8. The Morgan fingerprint density at radius 3 is 2.59 bits per heavy atom. The topological polar surface area (TPSA) is 90.3 Å². The van der Waals surface area contributed by atoms with E-state index in [9.17, 15) is 4.79 Å². The summed E-state index contributed by atoms with van der Waals surface area (Å²) in [6.45, 7) is 6.96. The van der Waals surface area contributed by atoms with E-state index in [0.717, 1.165) is 0 Å². The number of rotatable bonds is 4. The second-order valence-electron chi connectivity index (χ2n) is 7.55. The van der Waals surface area contributed by atoms with E-state index in [1.165, 1.54) is 11.8 Å². The molecule has 0 atom stereocenters. The van der Waals surface area contributed by atoms with Crippen molar-refractivity contribution in [2.45, 2.75) is 20.8 Å². The normalized spacial score (nSPS) is 13.3. The molecule has 0 saturated heterocycles. The van der Waals surface area contributed by atoms with Crippen LogP contribution in [0.2, 0.25) is 0 Å². The van der Waals surface area contributed by atoms with E-state index in [4.69, 9.17) is 10.00 Å². The van der Waals surface area contributed by atoms with Gasteiger partial charge in [-0.25, -0.2) is 9.78 Å². The highest BCUT2D eigenvalue weighted by molar-refractivity contribution is 5.77. The molecule has 0 bridgehead atoms. The van der Waals surface area contributed by atoms with Gasteiger partial charge in [-0.15, -0.1) is 0 Å². The zero-order valence-electron chi connectivity index (χ0n) is 16.6. The third-order valence-electron chi connectivity index (χ3n) is 4.32. The Balaban J connectivity index is 1.52. The molecule has 0 spiro atoms. The number of hydrogen-bond acceptors (Lipinski definition) is 5. The van der Waals surface area contributed by atoms with E-state index in [1.54, 1.807) is 47.5 Å². The van der Waals surface area contributed by atoms with Gasteiger partial charge in [-0.1, -0.05) is 26.8 Å². The molecule has 1 aliphatic rings. The molecule has 148 valence electrons. The number of benzene rings is 1. The largest absolute Gasteiger partial charge is 0.457 e. The van der Waals surface area contributed by atoms with E-state index in [0.29, 0.717) is 29.4 Å². The second-order valence-corrected chi connectivity index (χ2v) is 7.55. The molecular weight excluding hydrogens is 366 g/mol. The highest BCUT2D eigenvalue weighted by Crippen LogP contribution is 2.28. The van der Waals surface area contributed by atoms with Gasteiger partial charge in [0.05, 0.1) is 5.69 Å². The van der Waals surface area contributed by atoms with E-state index in [-0.39, 0.29) is 11.4 Å². The fourth-order valence-electron chi connectivity index (χ4n) is 2.68. The van der Waals surface area contributed by atoms with Crippen molar-refractivity contribution in [3.63, 3.8) is 0 Å². The average molecular weight is 389 g/mol. The third-order valence-corrected chi connectivity index (χ3v) is 4.32. The van der Waals surface area contributed by atoms with Gasteiger partial charge in [-0.3, -0.25) is 15.8 Å². The van der Waals surface area contributed by atoms with Crippen LogP contribution in [0.3, 0.4) is 0 Å². The Bertz CT molecular complexity index is 981. The molecule has 7 nitrogen and oxygen atoms in total. The highest BCUT2D eigenvalue weighted by Gasteiger charge is 2.19. The number of aromatic nitrogens is 1. The van der Waals surface area contributed by atoms with Gasteiger partial charge in [-0.2, -0.15) is 5.26 Å². The zero-order valence-corrected chi connectivity index (χ0v) is 16.6. The summed E-state index contributed by atoms with van der Waals surface area (Å²) in [5, 5.41) is 8.89. The van der Waals surface area contributed by atoms with Gasteiger partial charge in [-0.05, 0) is 47.4 Å². The average Bonchev–Trinajstić information content (AvgIpc) is 2.72. The highest BCUT2D eigenvalue weighted by atomic mass is 16.5. The van der Waals surface area contributed by atoms with Gasteiger partial charge in [0.2, 0.25) is 0 Å². The number of hydrogen-bond donors (Lipinski definition) is 2. The fraction of sp³-hybridized carbons (Fsp3) is 0.227. The van der Waals surface area contributed by atoms with Crippen LogP contribution in [0.5, 0.6) is 11.5 Å². The van der Waals surface area contributed by atoms with E-state index < -0.39 is 0 Å². The molecule has 2 amide bonds. The molecule has 0 saturated carbocycles. The van der Waals surface area contributed by atoms with Crippen LogP contribution in [0, 0.1) is 16.7 Å². The summed E-state index contributed by atoms with van der Waals surface area (Å²) in [5.41, 5.74) is 7.84. The van der Waals surface area contributed by atoms with Gasteiger partial charge in [0.1, 0.15) is 23.3 Å². The molecule has 2 heterocycles. The van der Waals surface area contributed by atoms with Crippen LogP contribution in [-0.4, -0.2) is 22.5 Å².